The Bertz CT molecular complexity index is 378. The molecule has 4 fully saturated rings. The highest BCUT2D eigenvalue weighted by Gasteiger charge is 2.58. The third-order valence-electron chi connectivity index (χ3n) is 6.79. The predicted molar refractivity (Wildman–Crippen MR) is 89.6 cm³/mol. The normalized spacial score (nSPS) is 36.3. The van der Waals surface area contributed by atoms with Gasteiger partial charge in [0.15, 0.2) is 0 Å². The van der Waals surface area contributed by atoms with E-state index in [1.165, 1.54) is 64.2 Å². The van der Waals surface area contributed by atoms with Crippen molar-refractivity contribution in [2.24, 2.45) is 23.2 Å². The number of hydrogen-bond donors (Lipinski definition) is 0. The summed E-state index contributed by atoms with van der Waals surface area (Å²) in [6, 6.07) is 0. The largest absolute Gasteiger partial charge is 0.465 e. The van der Waals surface area contributed by atoms with Gasteiger partial charge in [0, 0.05) is 0 Å². The Balaban J connectivity index is 1.45. The maximum Gasteiger partial charge on any atom is 0.312 e. The first-order chi connectivity index (χ1) is 10.8. The second-order valence-electron chi connectivity index (χ2n) is 8.20. The Kier molecular flexibility index (Phi) is 5.46. The molecule has 0 radical (unpaired) electrons. The molecule has 2 heteroatoms. The van der Waals surface area contributed by atoms with E-state index in [1.807, 2.05) is 0 Å². The maximum absolute atomic E-state index is 12.8. The van der Waals surface area contributed by atoms with Gasteiger partial charge in [0.05, 0.1) is 12.0 Å². The SMILES string of the molecule is CCCCCCCCOC(=O)C12CCCC3CC(CCC31)C2. The van der Waals surface area contributed by atoms with Crippen LogP contribution in [0.1, 0.15) is 90.4 Å². The molecule has 0 aromatic carbocycles. The summed E-state index contributed by atoms with van der Waals surface area (Å²) in [4.78, 5) is 12.8. The lowest BCUT2D eigenvalue weighted by Crippen LogP contribution is -2.54. The molecule has 126 valence electrons. The third-order valence-corrected chi connectivity index (χ3v) is 6.79. The van der Waals surface area contributed by atoms with Crippen LogP contribution in [-0.4, -0.2) is 12.6 Å². The van der Waals surface area contributed by atoms with E-state index in [2.05, 4.69) is 6.92 Å². The molecule has 0 N–H and O–H groups in total. The van der Waals surface area contributed by atoms with E-state index < -0.39 is 0 Å². The van der Waals surface area contributed by atoms with E-state index in [4.69, 9.17) is 4.74 Å². The van der Waals surface area contributed by atoms with E-state index in [-0.39, 0.29) is 11.4 Å². The van der Waals surface area contributed by atoms with Crippen LogP contribution in [0.4, 0.5) is 0 Å². The van der Waals surface area contributed by atoms with Gasteiger partial charge in [-0.25, -0.2) is 0 Å². The molecule has 0 heterocycles. The number of esters is 1. The number of hydrogen-bond acceptors (Lipinski definition) is 2. The molecule has 0 aliphatic heterocycles. The molecule has 4 rings (SSSR count). The van der Waals surface area contributed by atoms with E-state index in [1.54, 1.807) is 0 Å². The van der Waals surface area contributed by atoms with Crippen LogP contribution < -0.4 is 0 Å². The molecule has 4 aliphatic rings. The highest BCUT2D eigenvalue weighted by molar-refractivity contribution is 5.78. The van der Waals surface area contributed by atoms with Crippen molar-refractivity contribution < 1.29 is 9.53 Å². The first kappa shape index (κ1) is 16.3. The lowest BCUT2D eigenvalue weighted by atomic mass is 9.47. The summed E-state index contributed by atoms with van der Waals surface area (Å²) in [5, 5.41) is 0. The van der Waals surface area contributed by atoms with Crippen molar-refractivity contribution in [2.75, 3.05) is 6.61 Å². The van der Waals surface area contributed by atoms with Crippen molar-refractivity contribution in [1.29, 1.82) is 0 Å². The summed E-state index contributed by atoms with van der Waals surface area (Å²) in [6.45, 7) is 2.91. The van der Waals surface area contributed by atoms with Crippen LogP contribution in [0.3, 0.4) is 0 Å². The average Bonchev–Trinajstić information content (AvgIpc) is 2.54. The highest BCUT2D eigenvalue weighted by Crippen LogP contribution is 2.61. The number of carbonyl (C=O) groups is 1. The second kappa shape index (κ2) is 7.36. The van der Waals surface area contributed by atoms with Gasteiger partial charge in [0.2, 0.25) is 0 Å². The maximum atomic E-state index is 12.8. The van der Waals surface area contributed by atoms with Gasteiger partial charge in [-0.3, -0.25) is 4.79 Å². The van der Waals surface area contributed by atoms with Crippen LogP contribution in [0, 0.1) is 23.2 Å². The van der Waals surface area contributed by atoms with Crippen molar-refractivity contribution in [2.45, 2.75) is 90.4 Å². The Hall–Kier alpha value is -0.530. The molecule has 4 atom stereocenters. The average molecular weight is 306 g/mol. The Morgan fingerprint density at radius 1 is 1.09 bits per heavy atom. The fourth-order valence-corrected chi connectivity index (χ4v) is 5.75. The topological polar surface area (TPSA) is 26.3 Å². The molecule has 0 spiro atoms. The molecule has 4 bridgehead atoms. The fourth-order valence-electron chi connectivity index (χ4n) is 5.75. The minimum absolute atomic E-state index is 0.0632. The second-order valence-corrected chi connectivity index (χ2v) is 8.20. The van der Waals surface area contributed by atoms with Gasteiger partial charge in [0.25, 0.3) is 0 Å². The van der Waals surface area contributed by atoms with Gasteiger partial charge in [-0.15, -0.1) is 0 Å². The van der Waals surface area contributed by atoms with Crippen LogP contribution in [0.25, 0.3) is 0 Å². The molecule has 4 aliphatic carbocycles. The minimum Gasteiger partial charge on any atom is -0.465 e. The number of ether oxygens (including phenoxy) is 1. The molecule has 22 heavy (non-hydrogen) atoms. The molecular weight excluding hydrogens is 272 g/mol. The van der Waals surface area contributed by atoms with Crippen molar-refractivity contribution >= 4 is 5.97 Å². The van der Waals surface area contributed by atoms with E-state index in [9.17, 15) is 4.79 Å². The van der Waals surface area contributed by atoms with E-state index in [0.717, 1.165) is 31.1 Å². The van der Waals surface area contributed by atoms with Gasteiger partial charge in [-0.2, -0.15) is 0 Å². The molecule has 4 saturated carbocycles. The summed E-state index contributed by atoms with van der Waals surface area (Å²) in [5.74, 6) is 2.49. The molecule has 0 aromatic heterocycles. The van der Waals surface area contributed by atoms with Gasteiger partial charge < -0.3 is 4.74 Å². The van der Waals surface area contributed by atoms with E-state index >= 15 is 0 Å². The van der Waals surface area contributed by atoms with Crippen LogP contribution in [0.2, 0.25) is 0 Å². The minimum atomic E-state index is -0.0632. The zero-order valence-electron chi connectivity index (χ0n) is 14.4. The van der Waals surface area contributed by atoms with Crippen molar-refractivity contribution in [3.8, 4) is 0 Å². The molecule has 0 aromatic rings. The summed E-state index contributed by atoms with van der Waals surface area (Å²) in [5.41, 5.74) is -0.0632. The lowest BCUT2D eigenvalue weighted by Gasteiger charge is -2.57. The highest BCUT2D eigenvalue weighted by atomic mass is 16.5. The molecule has 4 unspecified atom stereocenters. The summed E-state index contributed by atoms with van der Waals surface area (Å²) >= 11 is 0. The Morgan fingerprint density at radius 3 is 2.73 bits per heavy atom. The van der Waals surface area contributed by atoms with Gasteiger partial charge in [-0.05, 0) is 49.9 Å². The van der Waals surface area contributed by atoms with Crippen LogP contribution in [0.15, 0.2) is 0 Å². The summed E-state index contributed by atoms with van der Waals surface area (Å²) < 4.78 is 5.78. The van der Waals surface area contributed by atoms with E-state index in [0.29, 0.717) is 12.5 Å². The molecule has 2 nitrogen and oxygen atoms in total. The summed E-state index contributed by atoms with van der Waals surface area (Å²) in [6.07, 6.45) is 16.5. The van der Waals surface area contributed by atoms with Gasteiger partial charge in [-0.1, -0.05) is 58.3 Å². The molecular formula is C20H34O2. The number of unbranched alkanes of at least 4 members (excludes halogenated alkanes) is 5. The number of carbonyl (C=O) groups excluding carboxylic acids is 1. The zero-order valence-corrected chi connectivity index (χ0v) is 14.4. The van der Waals surface area contributed by atoms with Crippen molar-refractivity contribution in [3.63, 3.8) is 0 Å². The molecule has 0 saturated heterocycles. The van der Waals surface area contributed by atoms with Gasteiger partial charge >= 0.3 is 5.97 Å². The first-order valence-corrected chi connectivity index (χ1v) is 9.93. The standard InChI is InChI=1S/C20H34O2/c1-2-3-4-5-6-7-13-22-19(21)20-12-8-9-17-14-16(15-20)10-11-18(17)20/h16-18H,2-15H2,1H3. The third kappa shape index (κ3) is 3.21. The lowest BCUT2D eigenvalue weighted by molar-refractivity contribution is -0.178. The molecule has 0 amide bonds. The van der Waals surface area contributed by atoms with Crippen LogP contribution in [0.5, 0.6) is 0 Å². The van der Waals surface area contributed by atoms with Gasteiger partial charge in [0.1, 0.15) is 0 Å². The van der Waals surface area contributed by atoms with Crippen molar-refractivity contribution in [3.05, 3.63) is 0 Å². The zero-order chi connectivity index (χ0) is 15.4. The number of fused-ring (bicyclic) bond motifs is 1. The Morgan fingerprint density at radius 2 is 1.91 bits per heavy atom. The fraction of sp³-hybridized carbons (Fsp3) is 0.950. The van der Waals surface area contributed by atoms with Crippen molar-refractivity contribution in [1.82, 2.24) is 0 Å². The summed E-state index contributed by atoms with van der Waals surface area (Å²) in [7, 11) is 0. The van der Waals surface area contributed by atoms with Crippen LogP contribution >= 0.6 is 0 Å². The monoisotopic (exact) mass is 306 g/mol. The number of rotatable bonds is 8. The first-order valence-electron chi connectivity index (χ1n) is 9.93. The Labute approximate surface area is 136 Å². The quantitative estimate of drug-likeness (QED) is 0.437. The predicted octanol–water partition coefficient (Wildman–Crippen LogP) is 5.50. The smallest absolute Gasteiger partial charge is 0.312 e. The van der Waals surface area contributed by atoms with Crippen LogP contribution in [-0.2, 0) is 9.53 Å².